The molecule has 1 heterocycles. The Kier molecular flexibility index (Phi) is 3.37. The Labute approximate surface area is 100 Å². The van der Waals surface area contributed by atoms with Crippen molar-refractivity contribution in [1.82, 2.24) is 5.32 Å². The van der Waals surface area contributed by atoms with Crippen molar-refractivity contribution in [3.63, 3.8) is 0 Å². The van der Waals surface area contributed by atoms with Gasteiger partial charge in [-0.2, -0.15) is 0 Å². The molecule has 1 aromatic rings. The maximum Gasteiger partial charge on any atom is 0.242 e. The molecule has 92 valence electrons. The van der Waals surface area contributed by atoms with Crippen LogP contribution >= 0.6 is 0 Å². The summed E-state index contributed by atoms with van der Waals surface area (Å²) >= 11 is 0. The first-order valence-corrected chi connectivity index (χ1v) is 5.68. The summed E-state index contributed by atoms with van der Waals surface area (Å²) in [4.78, 5) is 11.6. The van der Waals surface area contributed by atoms with Gasteiger partial charge >= 0.3 is 0 Å². The molecule has 0 saturated carbocycles. The van der Waals surface area contributed by atoms with Crippen molar-refractivity contribution in [2.45, 2.75) is 18.9 Å². The summed E-state index contributed by atoms with van der Waals surface area (Å²) < 4.78 is 5.14. The molecule has 0 aromatic heterocycles. The van der Waals surface area contributed by atoms with E-state index in [1.807, 2.05) is 6.07 Å². The van der Waals surface area contributed by atoms with E-state index in [1.54, 1.807) is 19.2 Å². The number of amides is 1. The Morgan fingerprint density at radius 2 is 2.35 bits per heavy atom. The van der Waals surface area contributed by atoms with E-state index >= 15 is 0 Å². The van der Waals surface area contributed by atoms with Gasteiger partial charge in [-0.25, -0.2) is 0 Å². The third kappa shape index (κ3) is 2.61. The van der Waals surface area contributed by atoms with Crippen molar-refractivity contribution in [1.29, 1.82) is 0 Å². The first-order chi connectivity index (χ1) is 8.20. The maximum absolute atomic E-state index is 11.6. The highest BCUT2D eigenvalue weighted by atomic mass is 16.5. The van der Waals surface area contributed by atoms with E-state index in [1.165, 1.54) is 0 Å². The molecule has 0 radical (unpaired) electrons. The van der Waals surface area contributed by atoms with Crippen molar-refractivity contribution >= 4 is 17.3 Å². The molecule has 5 heteroatoms. The van der Waals surface area contributed by atoms with Gasteiger partial charge in [0.1, 0.15) is 11.8 Å². The van der Waals surface area contributed by atoms with E-state index in [-0.39, 0.29) is 11.9 Å². The number of carbonyl (C=O) groups is 1. The maximum atomic E-state index is 11.6. The third-order valence-electron chi connectivity index (χ3n) is 2.86. The molecular weight excluding hydrogens is 218 g/mol. The van der Waals surface area contributed by atoms with Crippen molar-refractivity contribution in [2.24, 2.45) is 0 Å². The Morgan fingerprint density at radius 1 is 1.53 bits per heavy atom. The van der Waals surface area contributed by atoms with Crippen LogP contribution < -0.4 is 21.1 Å². The molecule has 1 aliphatic heterocycles. The quantitative estimate of drug-likeness (QED) is 0.682. The normalized spacial score (nSPS) is 19.6. The predicted octanol–water partition coefficient (Wildman–Crippen LogP) is 0.968. The van der Waals surface area contributed by atoms with Crippen molar-refractivity contribution in [3.05, 3.63) is 18.2 Å². The van der Waals surface area contributed by atoms with Gasteiger partial charge in [0.15, 0.2) is 0 Å². The molecule has 5 nitrogen and oxygen atoms in total. The molecule has 0 bridgehead atoms. The number of carbonyl (C=O) groups excluding carboxylic acids is 1. The summed E-state index contributed by atoms with van der Waals surface area (Å²) in [6.07, 6.45) is 1.84. The van der Waals surface area contributed by atoms with Gasteiger partial charge in [-0.05, 0) is 25.0 Å². The molecule has 2 rings (SSSR count). The summed E-state index contributed by atoms with van der Waals surface area (Å²) in [6.45, 7) is 0.766. The molecule has 1 amide bonds. The van der Waals surface area contributed by atoms with Crippen LogP contribution in [0, 0.1) is 0 Å². The van der Waals surface area contributed by atoms with E-state index in [2.05, 4.69) is 10.6 Å². The Balaban J connectivity index is 2.10. The minimum Gasteiger partial charge on any atom is -0.495 e. The first-order valence-electron chi connectivity index (χ1n) is 5.68. The van der Waals surface area contributed by atoms with E-state index in [4.69, 9.17) is 10.5 Å². The van der Waals surface area contributed by atoms with Crippen LogP contribution in [-0.2, 0) is 4.79 Å². The largest absolute Gasteiger partial charge is 0.495 e. The monoisotopic (exact) mass is 235 g/mol. The number of ether oxygens (including phenoxy) is 1. The minimum atomic E-state index is -0.169. The van der Waals surface area contributed by atoms with E-state index < -0.39 is 0 Å². The number of hydrogen-bond acceptors (Lipinski definition) is 4. The molecule has 1 aliphatic rings. The van der Waals surface area contributed by atoms with Crippen LogP contribution in [0.4, 0.5) is 11.4 Å². The molecule has 17 heavy (non-hydrogen) atoms. The van der Waals surface area contributed by atoms with Gasteiger partial charge in [0, 0.05) is 18.3 Å². The summed E-state index contributed by atoms with van der Waals surface area (Å²) in [5.41, 5.74) is 7.16. The summed E-state index contributed by atoms with van der Waals surface area (Å²) in [7, 11) is 1.57. The van der Waals surface area contributed by atoms with Crippen LogP contribution in [0.2, 0.25) is 0 Å². The third-order valence-corrected chi connectivity index (χ3v) is 2.86. The van der Waals surface area contributed by atoms with Gasteiger partial charge in [-0.1, -0.05) is 0 Å². The van der Waals surface area contributed by atoms with E-state index in [9.17, 15) is 4.79 Å². The van der Waals surface area contributed by atoms with Gasteiger partial charge < -0.3 is 21.1 Å². The predicted molar refractivity (Wildman–Crippen MR) is 67.1 cm³/mol. The fraction of sp³-hybridized carbons (Fsp3) is 0.417. The second kappa shape index (κ2) is 4.95. The topological polar surface area (TPSA) is 76.4 Å². The molecule has 1 atom stereocenters. The minimum absolute atomic E-state index is 0.0482. The van der Waals surface area contributed by atoms with E-state index in [0.29, 0.717) is 11.4 Å². The molecule has 0 spiro atoms. The van der Waals surface area contributed by atoms with Gasteiger partial charge in [0.25, 0.3) is 0 Å². The summed E-state index contributed by atoms with van der Waals surface area (Å²) in [5.74, 6) is 0.665. The second-order valence-corrected chi connectivity index (χ2v) is 4.09. The molecule has 4 N–H and O–H groups in total. The lowest BCUT2D eigenvalue weighted by Crippen LogP contribution is -2.44. The number of nitrogens with two attached hydrogens (primary N) is 1. The smallest absolute Gasteiger partial charge is 0.242 e. The number of methoxy groups -OCH3 is 1. The molecule has 1 saturated heterocycles. The highest BCUT2D eigenvalue weighted by Crippen LogP contribution is 2.25. The summed E-state index contributed by atoms with van der Waals surface area (Å²) in [6, 6.07) is 5.25. The van der Waals surface area contributed by atoms with Gasteiger partial charge in [-0.3, -0.25) is 4.79 Å². The van der Waals surface area contributed by atoms with E-state index in [0.717, 1.165) is 25.1 Å². The Morgan fingerprint density at radius 3 is 3.06 bits per heavy atom. The molecule has 1 unspecified atom stereocenters. The van der Waals surface area contributed by atoms with Crippen molar-refractivity contribution in [3.8, 4) is 5.75 Å². The summed E-state index contributed by atoms with van der Waals surface area (Å²) in [5, 5.41) is 6.02. The van der Waals surface area contributed by atoms with Crippen LogP contribution in [0.15, 0.2) is 18.2 Å². The fourth-order valence-corrected chi connectivity index (χ4v) is 1.91. The number of benzene rings is 1. The number of nitrogen functional groups attached to an aromatic ring is 1. The lowest BCUT2D eigenvalue weighted by molar-refractivity contribution is -0.123. The number of piperidine rings is 1. The van der Waals surface area contributed by atoms with Gasteiger partial charge in [0.2, 0.25) is 5.91 Å². The Hall–Kier alpha value is -1.91. The molecule has 1 aromatic carbocycles. The number of hydrogen-bond donors (Lipinski definition) is 3. The van der Waals surface area contributed by atoms with Crippen LogP contribution in [0.1, 0.15) is 12.8 Å². The zero-order valence-corrected chi connectivity index (χ0v) is 9.82. The van der Waals surface area contributed by atoms with Crippen LogP contribution in [-0.4, -0.2) is 25.6 Å². The standard InChI is InChI=1S/C12H17N3O2/c1-17-11-7-8(4-5-9(11)13)15-10-3-2-6-14-12(10)16/h4-5,7,10,15H,2-3,6,13H2,1H3,(H,14,16). The lowest BCUT2D eigenvalue weighted by atomic mass is 10.1. The zero-order chi connectivity index (χ0) is 12.3. The number of nitrogens with one attached hydrogen (secondary N) is 2. The molecular formula is C12H17N3O2. The van der Waals surface area contributed by atoms with Crippen LogP contribution in [0.3, 0.4) is 0 Å². The number of rotatable bonds is 3. The fourth-order valence-electron chi connectivity index (χ4n) is 1.91. The lowest BCUT2D eigenvalue weighted by Gasteiger charge is -2.24. The van der Waals surface area contributed by atoms with Crippen LogP contribution in [0.5, 0.6) is 5.75 Å². The highest BCUT2D eigenvalue weighted by molar-refractivity contribution is 5.85. The SMILES string of the molecule is COc1cc(NC2CCCNC2=O)ccc1N. The average Bonchev–Trinajstić information content (AvgIpc) is 2.34. The second-order valence-electron chi connectivity index (χ2n) is 4.09. The van der Waals surface area contributed by atoms with Crippen LogP contribution in [0.25, 0.3) is 0 Å². The average molecular weight is 235 g/mol. The number of anilines is 2. The van der Waals surface area contributed by atoms with Gasteiger partial charge in [-0.15, -0.1) is 0 Å². The van der Waals surface area contributed by atoms with Gasteiger partial charge in [0.05, 0.1) is 12.8 Å². The molecule has 0 aliphatic carbocycles. The highest BCUT2D eigenvalue weighted by Gasteiger charge is 2.21. The van der Waals surface area contributed by atoms with Crippen molar-refractivity contribution < 1.29 is 9.53 Å². The Bertz CT molecular complexity index is 420. The first kappa shape index (κ1) is 11.6. The molecule has 1 fully saturated rings. The zero-order valence-electron chi connectivity index (χ0n) is 9.82. The van der Waals surface area contributed by atoms with Crippen molar-refractivity contribution in [2.75, 3.05) is 24.7 Å².